The van der Waals surface area contributed by atoms with Crippen LogP contribution in [0.25, 0.3) is 0 Å². The van der Waals surface area contributed by atoms with E-state index in [9.17, 15) is 24.3 Å². The molecule has 1 aromatic rings. The molecule has 34 heavy (non-hydrogen) atoms. The number of esters is 1. The van der Waals surface area contributed by atoms with Gasteiger partial charge in [0.1, 0.15) is 30.0 Å². The van der Waals surface area contributed by atoms with Crippen LogP contribution in [0.3, 0.4) is 0 Å². The highest BCUT2D eigenvalue weighted by molar-refractivity contribution is 5.93. The zero-order valence-electron chi connectivity index (χ0n) is 20.6. The number of rotatable bonds is 10. The van der Waals surface area contributed by atoms with Crippen LogP contribution in [0.15, 0.2) is 36.9 Å². The number of hydrogen-bond donors (Lipinski definition) is 3. The van der Waals surface area contributed by atoms with Gasteiger partial charge in [-0.2, -0.15) is 0 Å². The number of carbonyl (C=O) groups is 4. The minimum absolute atomic E-state index is 0.0225. The van der Waals surface area contributed by atoms with Crippen molar-refractivity contribution in [1.29, 1.82) is 0 Å². The minimum atomic E-state index is -1.18. The smallest absolute Gasteiger partial charge is 0.408 e. The molecule has 0 saturated heterocycles. The largest absolute Gasteiger partial charge is 0.508 e. The van der Waals surface area contributed by atoms with E-state index in [-0.39, 0.29) is 18.2 Å². The lowest BCUT2D eigenvalue weighted by Crippen LogP contribution is -2.55. The fraction of sp³-hybridized carbons (Fsp3) is 0.500. The highest BCUT2D eigenvalue weighted by Gasteiger charge is 2.37. The molecule has 0 bridgehead atoms. The third kappa shape index (κ3) is 8.76. The Kier molecular flexibility index (Phi) is 10.6. The van der Waals surface area contributed by atoms with Crippen molar-refractivity contribution in [3.8, 4) is 5.75 Å². The van der Waals surface area contributed by atoms with Gasteiger partial charge in [-0.05, 0) is 44.4 Å². The average molecular weight is 478 g/mol. The van der Waals surface area contributed by atoms with Crippen molar-refractivity contribution in [3.63, 3.8) is 0 Å². The second kappa shape index (κ2) is 12.6. The summed E-state index contributed by atoms with van der Waals surface area (Å²) in [7, 11) is 1.19. The second-order valence-corrected chi connectivity index (χ2v) is 8.94. The average Bonchev–Trinajstić information content (AvgIpc) is 2.74. The van der Waals surface area contributed by atoms with E-state index in [1.54, 1.807) is 34.6 Å². The summed E-state index contributed by atoms with van der Waals surface area (Å²) in [5.74, 6) is -2.22. The molecule has 2 unspecified atom stereocenters. The summed E-state index contributed by atoms with van der Waals surface area (Å²) in [4.78, 5) is 52.0. The fourth-order valence-electron chi connectivity index (χ4n) is 3.05. The molecule has 0 spiro atoms. The van der Waals surface area contributed by atoms with Crippen molar-refractivity contribution in [2.75, 3.05) is 20.2 Å². The first-order chi connectivity index (χ1) is 15.8. The predicted molar refractivity (Wildman–Crippen MR) is 126 cm³/mol. The van der Waals surface area contributed by atoms with Crippen LogP contribution in [0.5, 0.6) is 5.75 Å². The molecular formula is C24H35N3O7. The lowest BCUT2D eigenvalue weighted by atomic mass is 9.98. The molecule has 3 N–H and O–H groups in total. The first-order valence-corrected chi connectivity index (χ1v) is 10.8. The lowest BCUT2D eigenvalue weighted by Gasteiger charge is -2.35. The number of amides is 3. The van der Waals surface area contributed by atoms with Crippen molar-refractivity contribution >= 4 is 23.9 Å². The Morgan fingerprint density at radius 3 is 2.21 bits per heavy atom. The van der Waals surface area contributed by atoms with Crippen LogP contribution in [0.2, 0.25) is 0 Å². The van der Waals surface area contributed by atoms with Crippen molar-refractivity contribution in [3.05, 3.63) is 42.5 Å². The van der Waals surface area contributed by atoms with Crippen LogP contribution >= 0.6 is 0 Å². The van der Waals surface area contributed by atoms with E-state index < -0.39 is 48.1 Å². The molecular weight excluding hydrogens is 442 g/mol. The Hall–Kier alpha value is -3.56. The minimum Gasteiger partial charge on any atom is -0.508 e. The molecule has 3 amide bonds. The third-order valence-electron chi connectivity index (χ3n) is 4.62. The number of ether oxygens (including phenoxy) is 2. The van der Waals surface area contributed by atoms with Gasteiger partial charge in [-0.3, -0.25) is 14.4 Å². The van der Waals surface area contributed by atoms with E-state index in [0.717, 1.165) is 0 Å². The van der Waals surface area contributed by atoms with E-state index >= 15 is 0 Å². The van der Waals surface area contributed by atoms with E-state index in [4.69, 9.17) is 4.74 Å². The van der Waals surface area contributed by atoms with Gasteiger partial charge in [-0.1, -0.05) is 32.1 Å². The molecule has 1 aromatic carbocycles. The fourth-order valence-corrected chi connectivity index (χ4v) is 3.05. The van der Waals surface area contributed by atoms with Crippen LogP contribution < -0.4 is 10.6 Å². The quantitative estimate of drug-likeness (QED) is 0.348. The Labute approximate surface area is 200 Å². The molecule has 2 atom stereocenters. The van der Waals surface area contributed by atoms with E-state index in [1.165, 1.54) is 42.4 Å². The molecule has 0 aliphatic heterocycles. The van der Waals surface area contributed by atoms with Crippen molar-refractivity contribution in [2.24, 2.45) is 5.92 Å². The monoisotopic (exact) mass is 477 g/mol. The van der Waals surface area contributed by atoms with Gasteiger partial charge in [0, 0.05) is 6.54 Å². The summed E-state index contributed by atoms with van der Waals surface area (Å²) in [5, 5.41) is 14.7. The van der Waals surface area contributed by atoms with E-state index in [2.05, 4.69) is 21.9 Å². The number of hydrogen-bond acceptors (Lipinski definition) is 7. The number of phenols is 1. The van der Waals surface area contributed by atoms with Crippen LogP contribution in [-0.2, 0) is 23.9 Å². The van der Waals surface area contributed by atoms with E-state index in [0.29, 0.717) is 5.56 Å². The van der Waals surface area contributed by atoms with Crippen molar-refractivity contribution < 1.29 is 33.8 Å². The molecule has 10 nitrogen and oxygen atoms in total. The van der Waals surface area contributed by atoms with Gasteiger partial charge in [-0.15, -0.1) is 6.58 Å². The molecule has 0 radical (unpaired) electrons. The molecule has 1 rings (SSSR count). The summed E-state index contributed by atoms with van der Waals surface area (Å²) in [6, 6.07) is 3.55. The summed E-state index contributed by atoms with van der Waals surface area (Å²) < 4.78 is 9.86. The van der Waals surface area contributed by atoms with Gasteiger partial charge >= 0.3 is 12.1 Å². The normalized spacial score (nSPS) is 12.8. The lowest BCUT2D eigenvalue weighted by molar-refractivity contribution is -0.144. The van der Waals surface area contributed by atoms with E-state index in [1.807, 2.05) is 0 Å². The highest BCUT2D eigenvalue weighted by Crippen LogP contribution is 2.25. The maximum Gasteiger partial charge on any atom is 0.408 e. The molecule has 0 heterocycles. The summed E-state index contributed by atoms with van der Waals surface area (Å²) in [6.45, 7) is 11.9. The Bertz CT molecular complexity index is 876. The number of carbonyl (C=O) groups excluding carboxylic acids is 4. The predicted octanol–water partition coefficient (Wildman–Crippen LogP) is 2.29. The molecule has 0 aliphatic carbocycles. The molecule has 0 fully saturated rings. The van der Waals surface area contributed by atoms with Crippen LogP contribution in [0.4, 0.5) is 4.79 Å². The molecule has 0 aliphatic rings. The molecule has 0 aromatic heterocycles. The van der Waals surface area contributed by atoms with Crippen molar-refractivity contribution in [1.82, 2.24) is 15.5 Å². The van der Waals surface area contributed by atoms with Gasteiger partial charge in [0.2, 0.25) is 11.8 Å². The first kappa shape index (κ1) is 28.5. The second-order valence-electron chi connectivity index (χ2n) is 8.94. The number of benzene rings is 1. The van der Waals surface area contributed by atoms with Crippen LogP contribution in [-0.4, -0.2) is 65.7 Å². The Balaban J connectivity index is 3.37. The number of nitrogens with zero attached hydrogens (tertiary/aromatic N) is 1. The molecule has 188 valence electrons. The summed E-state index contributed by atoms with van der Waals surface area (Å²) in [6.07, 6.45) is 0.679. The maximum atomic E-state index is 13.6. The van der Waals surface area contributed by atoms with Crippen LogP contribution in [0.1, 0.15) is 46.2 Å². The first-order valence-electron chi connectivity index (χ1n) is 10.8. The highest BCUT2D eigenvalue weighted by atomic mass is 16.6. The number of methoxy groups -OCH3 is 1. The van der Waals surface area contributed by atoms with Crippen LogP contribution in [0, 0.1) is 5.92 Å². The van der Waals surface area contributed by atoms with Gasteiger partial charge in [0.25, 0.3) is 0 Å². The van der Waals surface area contributed by atoms with Crippen molar-refractivity contribution in [2.45, 2.75) is 52.3 Å². The summed E-state index contributed by atoms with van der Waals surface area (Å²) >= 11 is 0. The summed E-state index contributed by atoms with van der Waals surface area (Å²) in [5.41, 5.74) is -0.382. The number of nitrogens with one attached hydrogen (secondary N) is 2. The Morgan fingerprint density at radius 2 is 1.74 bits per heavy atom. The molecule has 0 saturated carbocycles. The molecule has 10 heteroatoms. The zero-order chi connectivity index (χ0) is 26.1. The maximum absolute atomic E-state index is 13.6. The number of alkyl carbamates (subject to hydrolysis) is 1. The van der Waals surface area contributed by atoms with Gasteiger partial charge in [0.15, 0.2) is 0 Å². The topological polar surface area (TPSA) is 134 Å². The zero-order valence-corrected chi connectivity index (χ0v) is 20.6. The van der Waals surface area contributed by atoms with Gasteiger partial charge < -0.3 is 30.1 Å². The standard InChI is InChI=1S/C24H35N3O7/c1-8-13-27(22(31)19(15(2)3)26-23(32)34-24(4,5)6)20(16-9-11-17(28)12-10-16)21(30)25-14-18(29)33-7/h8-12,15,19-20,28H,1,13-14H2,2-7H3,(H,25,30)(H,26,32). The van der Waals surface area contributed by atoms with Gasteiger partial charge in [-0.25, -0.2) is 4.79 Å². The SMILES string of the molecule is C=CCN(C(=O)C(NC(=O)OC(C)(C)C)C(C)C)C(C(=O)NCC(=O)OC)c1ccc(O)cc1. The third-order valence-corrected chi connectivity index (χ3v) is 4.62. The van der Waals surface area contributed by atoms with Gasteiger partial charge in [0.05, 0.1) is 7.11 Å². The number of phenolic OH excluding ortho intramolecular Hbond substituents is 1. The Morgan fingerprint density at radius 1 is 1.15 bits per heavy atom. The number of aromatic hydroxyl groups is 1.